The molecule has 1 N–H and O–H groups in total. The lowest BCUT2D eigenvalue weighted by molar-refractivity contribution is -0.146. The summed E-state index contributed by atoms with van der Waals surface area (Å²) in [7, 11) is 0. The molecule has 0 spiro atoms. The minimum Gasteiger partial charge on any atom is -0.455 e. The third kappa shape index (κ3) is 5.64. The van der Waals surface area contributed by atoms with E-state index in [0.717, 1.165) is 0 Å². The van der Waals surface area contributed by atoms with E-state index < -0.39 is 18.5 Å². The number of carbonyl (C=O) groups excluding carboxylic acids is 2. The van der Waals surface area contributed by atoms with Crippen molar-refractivity contribution in [3.8, 4) is 6.07 Å². The second kappa shape index (κ2) is 8.72. The minimum atomic E-state index is -0.600. The lowest BCUT2D eigenvalue weighted by atomic mass is 10.1. The Morgan fingerprint density at radius 1 is 1.08 bits per heavy atom. The van der Waals surface area contributed by atoms with Crippen molar-refractivity contribution >= 4 is 52.4 Å². The maximum Gasteiger partial charge on any atom is 0.310 e. The molecule has 128 valence electrons. The molecule has 0 unspecified atom stereocenters. The molecule has 0 fully saturated rings. The fourth-order valence-electron chi connectivity index (χ4n) is 1.90. The van der Waals surface area contributed by atoms with E-state index in [1.165, 1.54) is 24.3 Å². The predicted octanol–water partition coefficient (Wildman–Crippen LogP) is 4.24. The Labute approximate surface area is 159 Å². The monoisotopic (exact) mass is 396 g/mol. The van der Waals surface area contributed by atoms with Crippen molar-refractivity contribution in [2.75, 3.05) is 11.9 Å². The highest BCUT2D eigenvalue weighted by Crippen LogP contribution is 2.22. The van der Waals surface area contributed by atoms with E-state index >= 15 is 0 Å². The lowest BCUT2D eigenvalue weighted by Gasteiger charge is -2.08. The Morgan fingerprint density at radius 2 is 1.84 bits per heavy atom. The van der Waals surface area contributed by atoms with Gasteiger partial charge in [0, 0.05) is 15.7 Å². The third-order valence-corrected chi connectivity index (χ3v) is 3.99. The number of amides is 1. The Balaban J connectivity index is 1.86. The smallest absolute Gasteiger partial charge is 0.310 e. The summed E-state index contributed by atoms with van der Waals surface area (Å²) in [6, 6.07) is 11.1. The molecule has 0 bridgehead atoms. The highest BCUT2D eigenvalue weighted by Gasteiger charge is 2.12. The van der Waals surface area contributed by atoms with Crippen LogP contribution >= 0.6 is 34.8 Å². The van der Waals surface area contributed by atoms with Crippen LogP contribution in [0.3, 0.4) is 0 Å². The first-order valence-electron chi connectivity index (χ1n) is 6.98. The van der Waals surface area contributed by atoms with Crippen LogP contribution in [0.25, 0.3) is 0 Å². The Bertz CT molecular complexity index is 863. The fourth-order valence-corrected chi connectivity index (χ4v) is 2.60. The van der Waals surface area contributed by atoms with Gasteiger partial charge in [0.2, 0.25) is 0 Å². The number of ether oxygens (including phenoxy) is 1. The maximum absolute atomic E-state index is 11.8. The van der Waals surface area contributed by atoms with Gasteiger partial charge >= 0.3 is 5.97 Å². The molecule has 0 aliphatic carbocycles. The van der Waals surface area contributed by atoms with Gasteiger partial charge in [0.05, 0.1) is 17.0 Å². The summed E-state index contributed by atoms with van der Waals surface area (Å²) in [5.41, 5.74) is 1.24. The second-order valence-corrected chi connectivity index (χ2v) is 6.18. The molecule has 8 heteroatoms. The third-order valence-electron chi connectivity index (χ3n) is 3.09. The van der Waals surface area contributed by atoms with E-state index in [2.05, 4.69) is 5.32 Å². The Morgan fingerprint density at radius 3 is 2.48 bits per heavy atom. The van der Waals surface area contributed by atoms with Gasteiger partial charge in [0.25, 0.3) is 5.91 Å². The predicted molar refractivity (Wildman–Crippen MR) is 95.9 cm³/mol. The molecule has 1 amide bonds. The molecule has 2 rings (SSSR count). The van der Waals surface area contributed by atoms with Crippen molar-refractivity contribution < 1.29 is 14.3 Å². The second-order valence-electron chi connectivity index (χ2n) is 4.93. The van der Waals surface area contributed by atoms with E-state index in [1.54, 1.807) is 12.1 Å². The molecular formula is C17H11Cl3N2O3. The molecule has 0 saturated heterocycles. The van der Waals surface area contributed by atoms with E-state index in [0.29, 0.717) is 26.9 Å². The van der Waals surface area contributed by atoms with Gasteiger partial charge in [-0.05, 0) is 35.9 Å². The molecule has 2 aromatic rings. The summed E-state index contributed by atoms with van der Waals surface area (Å²) in [5.74, 6) is -1.13. The highest BCUT2D eigenvalue weighted by atomic mass is 35.5. The summed E-state index contributed by atoms with van der Waals surface area (Å²) in [6.45, 7) is -0.457. The normalized spacial score (nSPS) is 10.0. The Kier molecular flexibility index (Phi) is 6.65. The molecule has 5 nitrogen and oxygen atoms in total. The first-order chi connectivity index (χ1) is 11.9. The van der Waals surface area contributed by atoms with Gasteiger partial charge in [-0.25, -0.2) is 0 Å². The molecule has 0 radical (unpaired) electrons. The van der Waals surface area contributed by atoms with Crippen LogP contribution in [0, 0.1) is 11.3 Å². The standard InChI is InChI=1S/C17H11Cl3N2O3/c18-12-3-1-10(14(19)6-12)5-17(24)25-9-16(23)22-13-4-2-11(8-21)15(20)7-13/h1-4,6-7H,5,9H2,(H,22,23). The molecule has 0 aliphatic rings. The van der Waals surface area contributed by atoms with E-state index in [-0.39, 0.29) is 11.4 Å². The zero-order valence-electron chi connectivity index (χ0n) is 12.7. The van der Waals surface area contributed by atoms with Crippen molar-refractivity contribution in [2.24, 2.45) is 0 Å². The van der Waals surface area contributed by atoms with Gasteiger partial charge in [-0.1, -0.05) is 40.9 Å². The van der Waals surface area contributed by atoms with Gasteiger partial charge in [0.1, 0.15) is 6.07 Å². The number of esters is 1. The lowest BCUT2D eigenvalue weighted by Crippen LogP contribution is -2.21. The van der Waals surface area contributed by atoms with Gasteiger partial charge < -0.3 is 10.1 Å². The molecule has 0 saturated carbocycles. The number of nitrogens with one attached hydrogen (secondary N) is 1. The summed E-state index contributed by atoms with van der Waals surface area (Å²) >= 11 is 17.6. The maximum atomic E-state index is 11.8. The van der Waals surface area contributed by atoms with Gasteiger partial charge in [-0.15, -0.1) is 0 Å². The summed E-state index contributed by atoms with van der Waals surface area (Å²) in [6.07, 6.45) is -0.0774. The van der Waals surface area contributed by atoms with Crippen LogP contribution in [0.2, 0.25) is 15.1 Å². The fraction of sp³-hybridized carbons (Fsp3) is 0.118. The summed E-state index contributed by atoms with van der Waals surface area (Å²) < 4.78 is 4.91. The minimum absolute atomic E-state index is 0.0774. The number of halogens is 3. The molecule has 0 heterocycles. The molecule has 25 heavy (non-hydrogen) atoms. The topological polar surface area (TPSA) is 79.2 Å². The van der Waals surface area contributed by atoms with Crippen molar-refractivity contribution in [1.29, 1.82) is 5.26 Å². The van der Waals surface area contributed by atoms with Crippen LogP contribution in [0.1, 0.15) is 11.1 Å². The SMILES string of the molecule is N#Cc1ccc(NC(=O)COC(=O)Cc2ccc(Cl)cc2Cl)cc1Cl. The van der Waals surface area contributed by atoms with Gasteiger partial charge in [-0.3, -0.25) is 9.59 Å². The van der Waals surface area contributed by atoms with Crippen molar-refractivity contribution in [1.82, 2.24) is 0 Å². The number of hydrogen-bond acceptors (Lipinski definition) is 4. The number of hydrogen-bond donors (Lipinski definition) is 1. The number of benzene rings is 2. The summed E-state index contributed by atoms with van der Waals surface area (Å²) in [4.78, 5) is 23.6. The molecule has 0 atom stereocenters. The summed E-state index contributed by atoms with van der Waals surface area (Å²) in [5, 5.41) is 12.3. The molecule has 0 aliphatic heterocycles. The van der Waals surface area contributed by atoms with E-state index in [4.69, 9.17) is 44.8 Å². The zero-order chi connectivity index (χ0) is 18.4. The highest BCUT2D eigenvalue weighted by molar-refractivity contribution is 6.35. The van der Waals surface area contributed by atoms with Crippen LogP contribution in [0.4, 0.5) is 5.69 Å². The number of nitriles is 1. The van der Waals surface area contributed by atoms with Crippen LogP contribution < -0.4 is 5.32 Å². The molecular weight excluding hydrogens is 387 g/mol. The van der Waals surface area contributed by atoms with Gasteiger partial charge in [0.15, 0.2) is 6.61 Å². The van der Waals surface area contributed by atoms with Gasteiger partial charge in [-0.2, -0.15) is 5.26 Å². The average molecular weight is 398 g/mol. The van der Waals surface area contributed by atoms with Crippen LogP contribution in [0.15, 0.2) is 36.4 Å². The van der Waals surface area contributed by atoms with Crippen molar-refractivity contribution in [3.63, 3.8) is 0 Å². The quantitative estimate of drug-likeness (QED) is 0.765. The van der Waals surface area contributed by atoms with Crippen molar-refractivity contribution in [2.45, 2.75) is 6.42 Å². The molecule has 0 aromatic heterocycles. The van der Waals surface area contributed by atoms with E-state index in [1.807, 2.05) is 6.07 Å². The largest absolute Gasteiger partial charge is 0.455 e. The van der Waals surface area contributed by atoms with Crippen LogP contribution in [-0.4, -0.2) is 18.5 Å². The first kappa shape index (κ1) is 19.1. The molecule has 2 aromatic carbocycles. The number of anilines is 1. The number of rotatable bonds is 5. The van der Waals surface area contributed by atoms with Crippen molar-refractivity contribution in [3.05, 3.63) is 62.6 Å². The van der Waals surface area contributed by atoms with E-state index in [9.17, 15) is 9.59 Å². The number of nitrogens with zero attached hydrogens (tertiary/aromatic N) is 1. The number of carbonyl (C=O) groups is 2. The first-order valence-corrected chi connectivity index (χ1v) is 8.11. The average Bonchev–Trinajstić information content (AvgIpc) is 2.56. The van der Waals surface area contributed by atoms with Crippen LogP contribution in [0.5, 0.6) is 0 Å². The van der Waals surface area contributed by atoms with Crippen LogP contribution in [-0.2, 0) is 20.7 Å². The zero-order valence-corrected chi connectivity index (χ0v) is 15.0. The Hall–Kier alpha value is -2.26.